The number of nitrogens with two attached hydrogens (primary N) is 1. The Morgan fingerprint density at radius 1 is 1.56 bits per heavy atom. The Balaban J connectivity index is 1.90. The number of anilines is 1. The van der Waals surface area contributed by atoms with Gasteiger partial charge in [-0.1, -0.05) is 0 Å². The van der Waals surface area contributed by atoms with E-state index in [-0.39, 0.29) is 12.0 Å². The van der Waals surface area contributed by atoms with E-state index < -0.39 is 0 Å². The van der Waals surface area contributed by atoms with E-state index >= 15 is 0 Å². The minimum atomic E-state index is -0.223. The summed E-state index contributed by atoms with van der Waals surface area (Å²) in [5, 5.41) is 2.78. The number of amides is 1. The fourth-order valence-electron chi connectivity index (χ4n) is 1.66. The van der Waals surface area contributed by atoms with Gasteiger partial charge in [-0.3, -0.25) is 15.6 Å². The molecule has 1 aromatic rings. The third-order valence-electron chi connectivity index (χ3n) is 2.60. The van der Waals surface area contributed by atoms with Gasteiger partial charge in [0.15, 0.2) is 0 Å². The molecular weight excluding hydrogens is 236 g/mol. The Hall–Kier alpha value is -1.70. The molecule has 7 nitrogen and oxygen atoms in total. The van der Waals surface area contributed by atoms with Gasteiger partial charge in [0, 0.05) is 12.7 Å². The average molecular weight is 252 g/mol. The van der Waals surface area contributed by atoms with Crippen molar-refractivity contribution in [2.75, 3.05) is 31.8 Å². The van der Waals surface area contributed by atoms with E-state index in [1.54, 1.807) is 6.07 Å². The third-order valence-corrected chi connectivity index (χ3v) is 2.60. The lowest BCUT2D eigenvalue weighted by atomic mass is 10.2. The molecule has 1 aliphatic rings. The standard InChI is InChI=1S/C11H16N4O3/c12-15-10-6-13-2-1-9(10)11(16)14-5-8-7-17-3-4-18-8/h1-2,6,8,15H,3-5,7,12H2,(H,14,16). The summed E-state index contributed by atoms with van der Waals surface area (Å²) in [6.45, 7) is 2.07. The van der Waals surface area contributed by atoms with Crippen molar-refractivity contribution in [2.45, 2.75) is 6.10 Å². The number of nitrogens with zero attached hydrogens (tertiary/aromatic N) is 1. The minimum Gasteiger partial charge on any atom is -0.376 e. The Bertz CT molecular complexity index is 407. The van der Waals surface area contributed by atoms with Crippen LogP contribution >= 0.6 is 0 Å². The lowest BCUT2D eigenvalue weighted by molar-refractivity contribution is -0.0855. The minimum absolute atomic E-state index is 0.0983. The molecule has 2 heterocycles. The number of carbonyl (C=O) groups excluding carboxylic acids is 1. The molecule has 0 saturated carbocycles. The summed E-state index contributed by atoms with van der Waals surface area (Å²) >= 11 is 0. The van der Waals surface area contributed by atoms with Gasteiger partial charge in [0.2, 0.25) is 0 Å². The molecule has 0 radical (unpaired) electrons. The lowest BCUT2D eigenvalue weighted by Crippen LogP contribution is -2.39. The maximum absolute atomic E-state index is 11.9. The van der Waals surface area contributed by atoms with Gasteiger partial charge in [-0.2, -0.15) is 0 Å². The SMILES string of the molecule is NNc1cnccc1C(=O)NCC1COCCO1. The second-order valence-corrected chi connectivity index (χ2v) is 3.84. The smallest absolute Gasteiger partial charge is 0.253 e. The van der Waals surface area contributed by atoms with Crippen LogP contribution in [-0.2, 0) is 9.47 Å². The van der Waals surface area contributed by atoms with Gasteiger partial charge in [-0.05, 0) is 6.07 Å². The molecule has 1 aromatic heterocycles. The van der Waals surface area contributed by atoms with Crippen molar-refractivity contribution in [2.24, 2.45) is 5.84 Å². The highest BCUT2D eigenvalue weighted by Crippen LogP contribution is 2.11. The summed E-state index contributed by atoms with van der Waals surface area (Å²) in [7, 11) is 0. The lowest BCUT2D eigenvalue weighted by Gasteiger charge is -2.23. The molecule has 0 spiro atoms. The Kier molecular flexibility index (Phi) is 4.46. The number of nitrogen functional groups attached to an aromatic ring is 1. The molecule has 0 bridgehead atoms. The Morgan fingerprint density at radius 2 is 2.44 bits per heavy atom. The first-order valence-electron chi connectivity index (χ1n) is 5.69. The summed E-state index contributed by atoms with van der Waals surface area (Å²) < 4.78 is 10.7. The van der Waals surface area contributed by atoms with Crippen LogP contribution in [0, 0.1) is 0 Å². The molecule has 2 rings (SSSR count). The molecule has 18 heavy (non-hydrogen) atoms. The van der Waals surface area contributed by atoms with E-state index in [1.165, 1.54) is 12.4 Å². The van der Waals surface area contributed by atoms with Crippen molar-refractivity contribution in [3.8, 4) is 0 Å². The first-order valence-corrected chi connectivity index (χ1v) is 5.69. The molecule has 0 aliphatic carbocycles. The van der Waals surface area contributed by atoms with E-state index in [0.29, 0.717) is 37.6 Å². The van der Waals surface area contributed by atoms with Gasteiger partial charge in [-0.15, -0.1) is 0 Å². The maximum Gasteiger partial charge on any atom is 0.253 e. The van der Waals surface area contributed by atoms with E-state index in [0.717, 1.165) is 0 Å². The van der Waals surface area contributed by atoms with Gasteiger partial charge in [0.25, 0.3) is 5.91 Å². The van der Waals surface area contributed by atoms with Crippen LogP contribution in [-0.4, -0.2) is 43.4 Å². The first-order chi connectivity index (χ1) is 8.81. The summed E-state index contributed by atoms with van der Waals surface area (Å²) in [5.74, 6) is 5.09. The largest absolute Gasteiger partial charge is 0.376 e. The van der Waals surface area contributed by atoms with Gasteiger partial charge < -0.3 is 20.2 Å². The quantitative estimate of drug-likeness (QED) is 0.494. The molecule has 1 atom stereocenters. The van der Waals surface area contributed by atoms with Crippen molar-refractivity contribution < 1.29 is 14.3 Å². The summed E-state index contributed by atoms with van der Waals surface area (Å²) in [4.78, 5) is 15.8. The van der Waals surface area contributed by atoms with Crippen molar-refractivity contribution in [3.63, 3.8) is 0 Å². The van der Waals surface area contributed by atoms with Crippen LogP contribution < -0.4 is 16.6 Å². The fourth-order valence-corrected chi connectivity index (χ4v) is 1.66. The average Bonchev–Trinajstić information content (AvgIpc) is 2.45. The topological polar surface area (TPSA) is 98.5 Å². The van der Waals surface area contributed by atoms with E-state index in [2.05, 4.69) is 15.7 Å². The fraction of sp³-hybridized carbons (Fsp3) is 0.455. The van der Waals surface area contributed by atoms with Crippen molar-refractivity contribution in [1.82, 2.24) is 10.3 Å². The van der Waals surface area contributed by atoms with Crippen LogP contribution in [0.1, 0.15) is 10.4 Å². The highest BCUT2D eigenvalue weighted by molar-refractivity contribution is 5.99. The molecule has 0 aromatic carbocycles. The highest BCUT2D eigenvalue weighted by atomic mass is 16.6. The van der Waals surface area contributed by atoms with Crippen molar-refractivity contribution >= 4 is 11.6 Å². The number of hydrogen-bond donors (Lipinski definition) is 3. The predicted molar refractivity (Wildman–Crippen MR) is 64.9 cm³/mol. The molecule has 7 heteroatoms. The first kappa shape index (κ1) is 12.7. The number of hydrazine groups is 1. The molecule has 1 aliphatic heterocycles. The summed E-state index contributed by atoms with van der Waals surface area (Å²) in [5.41, 5.74) is 3.37. The molecule has 1 unspecified atom stereocenters. The Morgan fingerprint density at radius 3 is 3.17 bits per heavy atom. The van der Waals surface area contributed by atoms with Crippen LogP contribution in [0.5, 0.6) is 0 Å². The van der Waals surface area contributed by atoms with Crippen LogP contribution in [0.15, 0.2) is 18.5 Å². The van der Waals surface area contributed by atoms with Gasteiger partial charge in [0.05, 0.1) is 43.4 Å². The molecule has 98 valence electrons. The number of ether oxygens (including phenoxy) is 2. The van der Waals surface area contributed by atoms with Gasteiger partial charge >= 0.3 is 0 Å². The van der Waals surface area contributed by atoms with E-state index in [1.807, 2.05) is 0 Å². The maximum atomic E-state index is 11.9. The second-order valence-electron chi connectivity index (χ2n) is 3.84. The number of aromatic nitrogens is 1. The zero-order valence-electron chi connectivity index (χ0n) is 9.89. The molecule has 1 fully saturated rings. The van der Waals surface area contributed by atoms with Crippen LogP contribution in [0.3, 0.4) is 0 Å². The van der Waals surface area contributed by atoms with Crippen LogP contribution in [0.25, 0.3) is 0 Å². The molecule has 1 saturated heterocycles. The van der Waals surface area contributed by atoms with Gasteiger partial charge in [-0.25, -0.2) is 0 Å². The zero-order chi connectivity index (χ0) is 12.8. The monoisotopic (exact) mass is 252 g/mol. The van der Waals surface area contributed by atoms with Crippen molar-refractivity contribution in [3.05, 3.63) is 24.0 Å². The van der Waals surface area contributed by atoms with Crippen LogP contribution in [0.4, 0.5) is 5.69 Å². The number of rotatable bonds is 4. The van der Waals surface area contributed by atoms with Gasteiger partial charge in [0.1, 0.15) is 0 Å². The molecular formula is C11H16N4O3. The van der Waals surface area contributed by atoms with E-state index in [9.17, 15) is 4.79 Å². The normalized spacial score (nSPS) is 19.3. The second kappa shape index (κ2) is 6.29. The van der Waals surface area contributed by atoms with E-state index in [4.69, 9.17) is 15.3 Å². The summed E-state index contributed by atoms with van der Waals surface area (Å²) in [6.07, 6.45) is 2.93. The number of hydrogen-bond acceptors (Lipinski definition) is 6. The number of nitrogens with one attached hydrogen (secondary N) is 2. The molecule has 1 amide bonds. The highest BCUT2D eigenvalue weighted by Gasteiger charge is 2.17. The molecule has 4 N–H and O–H groups in total. The van der Waals surface area contributed by atoms with Crippen LogP contribution in [0.2, 0.25) is 0 Å². The Labute approximate surface area is 105 Å². The van der Waals surface area contributed by atoms with Crippen molar-refractivity contribution in [1.29, 1.82) is 0 Å². The summed E-state index contributed by atoms with van der Waals surface area (Å²) in [6, 6.07) is 1.60. The predicted octanol–water partition coefficient (Wildman–Crippen LogP) is -0.488. The zero-order valence-corrected chi connectivity index (χ0v) is 9.89. The number of pyridine rings is 1. The number of carbonyl (C=O) groups is 1. The third kappa shape index (κ3) is 3.16.